The summed E-state index contributed by atoms with van der Waals surface area (Å²) in [6, 6.07) is 9.01. The summed E-state index contributed by atoms with van der Waals surface area (Å²) >= 11 is 0. The summed E-state index contributed by atoms with van der Waals surface area (Å²) in [5.74, 6) is -0.499. The highest BCUT2D eigenvalue weighted by atomic mass is 16.5. The number of nitrogens with one attached hydrogen (secondary N) is 1. The van der Waals surface area contributed by atoms with E-state index in [0.29, 0.717) is 26.2 Å². The number of likely N-dealkylation sites (tertiary alicyclic amines) is 1. The van der Waals surface area contributed by atoms with Crippen molar-refractivity contribution in [3.05, 3.63) is 30.3 Å². The van der Waals surface area contributed by atoms with E-state index >= 15 is 0 Å². The number of ether oxygens (including phenoxy) is 1. The zero-order valence-electron chi connectivity index (χ0n) is 15.0. The average Bonchev–Trinajstić information content (AvgIpc) is 3.03. The first-order chi connectivity index (χ1) is 12.6. The van der Waals surface area contributed by atoms with Gasteiger partial charge in [-0.1, -0.05) is 18.2 Å². The van der Waals surface area contributed by atoms with Gasteiger partial charge in [-0.25, -0.2) is 4.79 Å². The van der Waals surface area contributed by atoms with Gasteiger partial charge in [0.25, 0.3) is 0 Å². The van der Waals surface area contributed by atoms with Crippen molar-refractivity contribution in [3.63, 3.8) is 0 Å². The molecule has 0 radical (unpaired) electrons. The SMILES string of the molecule is CCOC(=O)C1CCCN(C(=O)NC2CC(=O)N(c3ccccc3)C2)C1. The van der Waals surface area contributed by atoms with E-state index < -0.39 is 0 Å². The number of carbonyl (C=O) groups excluding carboxylic acids is 3. The van der Waals surface area contributed by atoms with Crippen LogP contribution >= 0.6 is 0 Å². The Balaban J connectivity index is 1.55. The molecule has 1 aromatic rings. The van der Waals surface area contributed by atoms with Crippen LogP contribution in [0, 0.1) is 5.92 Å². The molecule has 2 fully saturated rings. The first-order valence-corrected chi connectivity index (χ1v) is 9.16. The normalized spacial score (nSPS) is 23.0. The Kier molecular flexibility index (Phi) is 5.75. The van der Waals surface area contributed by atoms with Crippen molar-refractivity contribution in [1.29, 1.82) is 0 Å². The molecule has 140 valence electrons. The standard InChI is InChI=1S/C19H25N3O4/c1-2-26-18(24)14-7-6-10-21(12-14)19(25)20-15-11-17(23)22(13-15)16-8-4-3-5-9-16/h3-5,8-9,14-15H,2,6-7,10-13H2,1H3,(H,20,25). The predicted octanol–water partition coefficient (Wildman–Crippen LogP) is 1.78. The van der Waals surface area contributed by atoms with Crippen LogP contribution in [0.3, 0.4) is 0 Å². The monoisotopic (exact) mass is 359 g/mol. The van der Waals surface area contributed by atoms with Crippen LogP contribution in [0.1, 0.15) is 26.2 Å². The van der Waals surface area contributed by atoms with Crippen molar-refractivity contribution in [2.24, 2.45) is 5.92 Å². The van der Waals surface area contributed by atoms with Gasteiger partial charge in [0, 0.05) is 31.7 Å². The van der Waals surface area contributed by atoms with E-state index in [1.54, 1.807) is 16.7 Å². The van der Waals surface area contributed by atoms with Gasteiger partial charge in [0.2, 0.25) is 5.91 Å². The maximum atomic E-state index is 12.6. The number of carbonyl (C=O) groups is 3. The van der Waals surface area contributed by atoms with E-state index in [0.717, 1.165) is 18.5 Å². The average molecular weight is 359 g/mol. The van der Waals surface area contributed by atoms with Crippen molar-refractivity contribution < 1.29 is 19.1 Å². The van der Waals surface area contributed by atoms with E-state index in [1.807, 2.05) is 30.3 Å². The van der Waals surface area contributed by atoms with E-state index in [4.69, 9.17) is 4.74 Å². The fourth-order valence-electron chi connectivity index (χ4n) is 3.54. The quantitative estimate of drug-likeness (QED) is 0.831. The van der Waals surface area contributed by atoms with Gasteiger partial charge in [-0.2, -0.15) is 0 Å². The van der Waals surface area contributed by atoms with Crippen LogP contribution in [0.15, 0.2) is 30.3 Å². The van der Waals surface area contributed by atoms with Crippen LogP contribution in [0.4, 0.5) is 10.5 Å². The third-order valence-electron chi connectivity index (χ3n) is 4.85. The smallest absolute Gasteiger partial charge is 0.317 e. The number of benzene rings is 1. The molecule has 7 heteroatoms. The third-order valence-corrected chi connectivity index (χ3v) is 4.85. The first kappa shape index (κ1) is 18.2. The van der Waals surface area contributed by atoms with Gasteiger partial charge >= 0.3 is 12.0 Å². The second-order valence-electron chi connectivity index (χ2n) is 6.73. The molecule has 0 saturated carbocycles. The van der Waals surface area contributed by atoms with Crippen LogP contribution < -0.4 is 10.2 Å². The molecule has 2 atom stereocenters. The number of rotatable bonds is 4. The molecule has 26 heavy (non-hydrogen) atoms. The molecule has 0 bridgehead atoms. The third kappa shape index (κ3) is 4.15. The molecule has 7 nitrogen and oxygen atoms in total. The van der Waals surface area contributed by atoms with Gasteiger partial charge < -0.3 is 19.9 Å². The lowest BCUT2D eigenvalue weighted by molar-refractivity contribution is -0.149. The molecule has 0 aromatic heterocycles. The van der Waals surface area contributed by atoms with Gasteiger partial charge in [-0.3, -0.25) is 9.59 Å². The van der Waals surface area contributed by atoms with Crippen LogP contribution in [-0.2, 0) is 14.3 Å². The molecule has 2 heterocycles. The summed E-state index contributed by atoms with van der Waals surface area (Å²) in [5.41, 5.74) is 0.842. The second-order valence-corrected chi connectivity index (χ2v) is 6.73. The van der Waals surface area contributed by atoms with Crippen LogP contribution in [0.5, 0.6) is 0 Å². The number of anilines is 1. The Hall–Kier alpha value is -2.57. The van der Waals surface area contributed by atoms with Crippen LogP contribution in [0.2, 0.25) is 0 Å². The topological polar surface area (TPSA) is 79.0 Å². The van der Waals surface area contributed by atoms with Gasteiger partial charge in [0.1, 0.15) is 0 Å². The molecule has 2 aliphatic rings. The van der Waals surface area contributed by atoms with Crippen molar-refractivity contribution in [3.8, 4) is 0 Å². The molecule has 2 unspecified atom stereocenters. The summed E-state index contributed by atoms with van der Waals surface area (Å²) in [7, 11) is 0. The maximum Gasteiger partial charge on any atom is 0.317 e. The molecule has 2 saturated heterocycles. The maximum absolute atomic E-state index is 12.6. The molecule has 1 aromatic carbocycles. The Morgan fingerprint density at radius 3 is 2.73 bits per heavy atom. The second kappa shape index (κ2) is 8.21. The highest BCUT2D eigenvalue weighted by molar-refractivity contribution is 5.96. The number of hydrogen-bond donors (Lipinski definition) is 1. The Morgan fingerprint density at radius 1 is 1.23 bits per heavy atom. The van der Waals surface area contributed by atoms with Crippen molar-refractivity contribution in [2.45, 2.75) is 32.2 Å². The Bertz CT molecular complexity index is 664. The summed E-state index contributed by atoms with van der Waals surface area (Å²) in [4.78, 5) is 40.1. The number of urea groups is 1. The number of esters is 1. The minimum absolute atomic E-state index is 0.00421. The molecular formula is C19H25N3O4. The van der Waals surface area contributed by atoms with Crippen molar-refractivity contribution >= 4 is 23.6 Å². The minimum atomic E-state index is -0.263. The number of amides is 3. The van der Waals surface area contributed by atoms with Gasteiger partial charge in [0.15, 0.2) is 0 Å². The molecular weight excluding hydrogens is 334 g/mol. The summed E-state index contributed by atoms with van der Waals surface area (Å²) in [5, 5.41) is 2.94. The molecule has 0 spiro atoms. The summed E-state index contributed by atoms with van der Waals surface area (Å²) < 4.78 is 5.07. The number of hydrogen-bond acceptors (Lipinski definition) is 4. The fraction of sp³-hybridized carbons (Fsp3) is 0.526. The van der Waals surface area contributed by atoms with Gasteiger partial charge in [0.05, 0.1) is 18.6 Å². The van der Waals surface area contributed by atoms with Gasteiger partial charge in [-0.15, -0.1) is 0 Å². The lowest BCUT2D eigenvalue weighted by atomic mass is 9.98. The predicted molar refractivity (Wildman–Crippen MR) is 96.7 cm³/mol. The van der Waals surface area contributed by atoms with E-state index in [9.17, 15) is 14.4 Å². The van der Waals surface area contributed by atoms with E-state index in [2.05, 4.69) is 5.32 Å². The van der Waals surface area contributed by atoms with Crippen LogP contribution in [-0.4, -0.2) is 55.1 Å². The van der Waals surface area contributed by atoms with Crippen LogP contribution in [0.25, 0.3) is 0 Å². The molecule has 3 rings (SSSR count). The minimum Gasteiger partial charge on any atom is -0.466 e. The highest BCUT2D eigenvalue weighted by Gasteiger charge is 2.34. The van der Waals surface area contributed by atoms with E-state index in [1.165, 1.54) is 0 Å². The number of nitrogens with zero attached hydrogens (tertiary/aromatic N) is 2. The summed E-state index contributed by atoms with van der Waals surface area (Å²) in [6.07, 6.45) is 1.80. The molecule has 1 N–H and O–H groups in total. The fourth-order valence-corrected chi connectivity index (χ4v) is 3.54. The van der Waals surface area contributed by atoms with Gasteiger partial charge in [-0.05, 0) is 31.9 Å². The zero-order valence-corrected chi connectivity index (χ0v) is 15.0. The van der Waals surface area contributed by atoms with E-state index in [-0.39, 0.29) is 36.3 Å². The van der Waals surface area contributed by atoms with Crippen molar-refractivity contribution in [1.82, 2.24) is 10.2 Å². The largest absolute Gasteiger partial charge is 0.466 e. The lowest BCUT2D eigenvalue weighted by Gasteiger charge is -2.32. The lowest BCUT2D eigenvalue weighted by Crippen LogP contribution is -2.50. The molecule has 3 amide bonds. The Labute approximate surface area is 153 Å². The molecule has 2 aliphatic heterocycles. The van der Waals surface area contributed by atoms with Crippen molar-refractivity contribution in [2.75, 3.05) is 31.1 Å². The Morgan fingerprint density at radius 2 is 2.00 bits per heavy atom. The number of para-hydroxylation sites is 1. The zero-order chi connectivity index (χ0) is 18.5. The highest BCUT2D eigenvalue weighted by Crippen LogP contribution is 2.22. The number of piperidine rings is 1. The summed E-state index contributed by atoms with van der Waals surface area (Å²) in [6.45, 7) is 3.57. The molecule has 0 aliphatic carbocycles. The first-order valence-electron chi connectivity index (χ1n) is 9.16.